The number of carboxylic acids is 1. The first kappa shape index (κ1) is 11.6. The van der Waals surface area contributed by atoms with Crippen LogP contribution in [0.25, 0.3) is 0 Å². The average molecular weight is 268 g/mol. The van der Waals surface area contributed by atoms with Crippen molar-refractivity contribution in [2.75, 3.05) is 5.43 Å². The molecule has 2 rings (SSSR count). The highest BCUT2D eigenvalue weighted by molar-refractivity contribution is 7.73. The summed E-state index contributed by atoms with van der Waals surface area (Å²) in [6.07, 6.45) is 0. The van der Waals surface area contributed by atoms with Gasteiger partial charge in [0, 0.05) is 0 Å². The molecule has 3 N–H and O–H groups in total. The maximum Gasteiger partial charge on any atom is 0.335 e. The molecule has 0 radical (unpaired) electrons. The molecule has 0 aliphatic heterocycles. The minimum absolute atomic E-state index is 0.0160. The molecule has 0 unspecified atom stereocenters. The van der Waals surface area contributed by atoms with Crippen molar-refractivity contribution in [2.24, 2.45) is 0 Å². The van der Waals surface area contributed by atoms with E-state index in [9.17, 15) is 9.90 Å². The van der Waals surface area contributed by atoms with E-state index in [-0.39, 0.29) is 11.4 Å². The van der Waals surface area contributed by atoms with Gasteiger partial charge in [-0.05, 0) is 36.5 Å². The lowest BCUT2D eigenvalue weighted by Crippen LogP contribution is -2.08. The zero-order valence-corrected chi connectivity index (χ0v) is 10.1. The molecule has 1 aromatic heterocycles. The van der Waals surface area contributed by atoms with Gasteiger partial charge in [-0.15, -0.1) is 11.3 Å². The summed E-state index contributed by atoms with van der Waals surface area (Å²) in [5.41, 5.74) is 3.71. The summed E-state index contributed by atoms with van der Waals surface area (Å²) in [4.78, 5) is 10.7. The van der Waals surface area contributed by atoms with Gasteiger partial charge in [0.25, 0.3) is 0 Å². The summed E-state index contributed by atoms with van der Waals surface area (Å²) in [7, 11) is 0. The van der Waals surface area contributed by atoms with Gasteiger partial charge in [-0.25, -0.2) is 9.47 Å². The number of rotatable bonds is 3. The monoisotopic (exact) mass is 268 g/mol. The van der Waals surface area contributed by atoms with Gasteiger partial charge in [0.2, 0.25) is 5.88 Å². The van der Waals surface area contributed by atoms with E-state index < -0.39 is 5.97 Å². The van der Waals surface area contributed by atoms with Crippen LogP contribution in [0.5, 0.6) is 5.88 Å². The highest BCUT2D eigenvalue weighted by Crippen LogP contribution is 2.18. The Morgan fingerprint density at radius 3 is 2.47 bits per heavy atom. The normalized spacial score (nSPS) is 10.1. The molecule has 0 saturated carbocycles. The minimum Gasteiger partial charge on any atom is -0.493 e. The Morgan fingerprint density at radius 1 is 1.35 bits per heavy atom. The fraction of sp³-hybridized carbons (Fsp3) is 0. The Bertz CT molecular complexity index is 601. The summed E-state index contributed by atoms with van der Waals surface area (Å²) >= 11 is 6.23. The van der Waals surface area contributed by atoms with Crippen LogP contribution in [0.15, 0.2) is 29.6 Å². The van der Waals surface area contributed by atoms with Gasteiger partial charge in [0.15, 0.2) is 3.95 Å². The topological polar surface area (TPSA) is 74.5 Å². The predicted octanol–water partition coefficient (Wildman–Crippen LogP) is 2.56. The van der Waals surface area contributed by atoms with Gasteiger partial charge in [-0.2, -0.15) is 0 Å². The standard InChI is InChI=1S/C10H8N2O3S2/c13-8-5-17-10(16)12(8)11-7-3-1-6(2-4-7)9(14)15/h1-5,11,13H,(H,14,15). The minimum atomic E-state index is -0.980. The van der Waals surface area contributed by atoms with Crippen molar-refractivity contribution in [1.82, 2.24) is 4.68 Å². The van der Waals surface area contributed by atoms with Gasteiger partial charge in [0.1, 0.15) is 0 Å². The molecule has 0 fully saturated rings. The largest absolute Gasteiger partial charge is 0.493 e. The molecule has 0 bridgehead atoms. The molecule has 88 valence electrons. The van der Waals surface area contributed by atoms with Gasteiger partial charge in [-0.3, -0.25) is 5.43 Å². The van der Waals surface area contributed by atoms with E-state index in [0.717, 1.165) is 0 Å². The van der Waals surface area contributed by atoms with Crippen LogP contribution < -0.4 is 5.43 Å². The van der Waals surface area contributed by atoms with E-state index in [1.54, 1.807) is 12.1 Å². The molecular weight excluding hydrogens is 260 g/mol. The van der Waals surface area contributed by atoms with E-state index in [1.165, 1.54) is 33.5 Å². The predicted molar refractivity (Wildman–Crippen MR) is 67.2 cm³/mol. The van der Waals surface area contributed by atoms with Crippen LogP contribution in [0, 0.1) is 3.95 Å². The SMILES string of the molecule is O=C(O)c1ccc(Nn2c(O)csc2=S)cc1. The van der Waals surface area contributed by atoms with Gasteiger partial charge in [0.05, 0.1) is 16.6 Å². The highest BCUT2D eigenvalue weighted by atomic mass is 32.1. The lowest BCUT2D eigenvalue weighted by Gasteiger charge is -2.08. The number of nitrogens with zero attached hydrogens (tertiary/aromatic N) is 1. The number of aromatic nitrogens is 1. The van der Waals surface area contributed by atoms with Crippen molar-refractivity contribution < 1.29 is 15.0 Å². The second-order valence-electron chi connectivity index (χ2n) is 3.19. The Balaban J connectivity index is 2.25. The zero-order chi connectivity index (χ0) is 12.4. The van der Waals surface area contributed by atoms with Crippen LogP contribution in [-0.4, -0.2) is 20.9 Å². The molecule has 0 aliphatic rings. The van der Waals surface area contributed by atoms with E-state index in [4.69, 9.17) is 17.3 Å². The third-order valence-electron chi connectivity index (χ3n) is 2.05. The molecule has 1 aromatic carbocycles. The Labute approximate surface area is 106 Å². The molecule has 2 aromatic rings. The Morgan fingerprint density at radius 2 is 2.00 bits per heavy atom. The van der Waals surface area contributed by atoms with Crippen molar-refractivity contribution >= 4 is 35.2 Å². The van der Waals surface area contributed by atoms with Crippen molar-refractivity contribution in [3.8, 4) is 5.88 Å². The number of thiazole rings is 1. The van der Waals surface area contributed by atoms with E-state index in [1.807, 2.05) is 0 Å². The highest BCUT2D eigenvalue weighted by Gasteiger charge is 2.04. The molecule has 0 aliphatic carbocycles. The first-order chi connectivity index (χ1) is 8.08. The number of carbonyl (C=O) groups is 1. The van der Waals surface area contributed by atoms with E-state index >= 15 is 0 Å². The Hall–Kier alpha value is -1.86. The average Bonchev–Trinajstić information content (AvgIpc) is 2.61. The lowest BCUT2D eigenvalue weighted by molar-refractivity contribution is 0.0697. The van der Waals surface area contributed by atoms with Crippen molar-refractivity contribution in [3.63, 3.8) is 0 Å². The number of hydrogen-bond donors (Lipinski definition) is 3. The van der Waals surface area contributed by atoms with Crippen LogP contribution in [0.2, 0.25) is 0 Å². The molecule has 1 heterocycles. The maximum absolute atomic E-state index is 10.7. The number of aromatic carboxylic acids is 1. The first-order valence-corrected chi connectivity index (χ1v) is 5.86. The van der Waals surface area contributed by atoms with Crippen molar-refractivity contribution in [2.45, 2.75) is 0 Å². The molecule has 5 nitrogen and oxygen atoms in total. The molecule has 0 spiro atoms. The van der Waals surface area contributed by atoms with Crippen LogP contribution in [0.1, 0.15) is 10.4 Å². The maximum atomic E-state index is 10.7. The second-order valence-corrected chi connectivity index (χ2v) is 4.69. The quantitative estimate of drug-likeness (QED) is 0.746. The molecule has 0 amide bonds. The van der Waals surface area contributed by atoms with Crippen LogP contribution in [0.4, 0.5) is 5.69 Å². The number of nitrogens with one attached hydrogen (secondary N) is 1. The number of hydrogen-bond acceptors (Lipinski definition) is 5. The number of aromatic hydroxyl groups is 1. The van der Waals surface area contributed by atoms with Gasteiger partial charge in [-0.1, -0.05) is 0 Å². The van der Waals surface area contributed by atoms with Gasteiger partial charge < -0.3 is 10.2 Å². The fourth-order valence-corrected chi connectivity index (χ4v) is 2.06. The molecule has 7 heteroatoms. The first-order valence-electron chi connectivity index (χ1n) is 4.58. The molecule has 0 saturated heterocycles. The number of benzene rings is 1. The van der Waals surface area contributed by atoms with Gasteiger partial charge >= 0.3 is 5.97 Å². The third-order valence-corrected chi connectivity index (χ3v) is 3.23. The lowest BCUT2D eigenvalue weighted by atomic mass is 10.2. The Kier molecular flexibility index (Phi) is 3.12. The number of carboxylic acid groups (broad SMARTS) is 1. The smallest absolute Gasteiger partial charge is 0.335 e. The van der Waals surface area contributed by atoms with Crippen LogP contribution in [0.3, 0.4) is 0 Å². The number of anilines is 1. The summed E-state index contributed by atoms with van der Waals surface area (Å²) in [5.74, 6) is -0.964. The summed E-state index contributed by atoms with van der Waals surface area (Å²) in [6.45, 7) is 0. The van der Waals surface area contributed by atoms with E-state index in [2.05, 4.69) is 5.43 Å². The van der Waals surface area contributed by atoms with E-state index in [0.29, 0.717) is 9.64 Å². The summed E-state index contributed by atoms with van der Waals surface area (Å²) in [6, 6.07) is 6.14. The fourth-order valence-electron chi connectivity index (χ4n) is 1.22. The molecule has 17 heavy (non-hydrogen) atoms. The molecular formula is C10H8N2O3S2. The van der Waals surface area contributed by atoms with Crippen LogP contribution in [-0.2, 0) is 0 Å². The van der Waals surface area contributed by atoms with Crippen LogP contribution >= 0.6 is 23.6 Å². The van der Waals surface area contributed by atoms with Crippen molar-refractivity contribution in [1.29, 1.82) is 0 Å². The summed E-state index contributed by atoms with van der Waals surface area (Å²) < 4.78 is 1.82. The van der Waals surface area contributed by atoms with Crippen molar-refractivity contribution in [3.05, 3.63) is 39.2 Å². The second kappa shape index (κ2) is 4.56. The molecule has 0 atom stereocenters. The third kappa shape index (κ3) is 2.45. The zero-order valence-electron chi connectivity index (χ0n) is 8.45. The summed E-state index contributed by atoms with van der Waals surface area (Å²) in [5, 5.41) is 19.7.